The van der Waals surface area contributed by atoms with E-state index in [9.17, 15) is 4.79 Å². The highest BCUT2D eigenvalue weighted by Gasteiger charge is 2.16. The maximum Gasteiger partial charge on any atom is 0.263 e. The summed E-state index contributed by atoms with van der Waals surface area (Å²) in [5.41, 5.74) is 7.43. The van der Waals surface area contributed by atoms with E-state index in [1.165, 1.54) is 36.0 Å². The molecule has 0 radical (unpaired) electrons. The van der Waals surface area contributed by atoms with E-state index in [1.807, 2.05) is 0 Å². The van der Waals surface area contributed by atoms with E-state index < -0.39 is 0 Å². The molecule has 2 aromatic carbocycles. The van der Waals surface area contributed by atoms with Gasteiger partial charge in [-0.15, -0.1) is 11.3 Å². The van der Waals surface area contributed by atoms with Crippen LogP contribution in [-0.4, -0.2) is 9.55 Å². The predicted octanol–water partition coefficient (Wildman–Crippen LogP) is 5.36. The quantitative estimate of drug-likeness (QED) is 0.475. The molecular formula is C24H22N2OS. The molecule has 0 unspecified atom stereocenters. The number of fused-ring (bicyclic) bond motifs is 2. The zero-order chi connectivity index (χ0) is 19.1. The first-order chi connectivity index (χ1) is 13.7. The van der Waals surface area contributed by atoms with Crippen molar-refractivity contribution in [3.63, 3.8) is 0 Å². The van der Waals surface area contributed by atoms with Gasteiger partial charge >= 0.3 is 0 Å². The Kier molecular flexibility index (Phi) is 4.36. The van der Waals surface area contributed by atoms with Gasteiger partial charge in [-0.05, 0) is 54.9 Å². The lowest BCUT2D eigenvalue weighted by atomic mass is 9.89. The Balaban J connectivity index is 1.59. The molecule has 0 N–H and O–H groups in total. The van der Waals surface area contributed by atoms with Crippen molar-refractivity contribution in [3.8, 4) is 11.1 Å². The van der Waals surface area contributed by atoms with Crippen LogP contribution < -0.4 is 5.56 Å². The van der Waals surface area contributed by atoms with Crippen molar-refractivity contribution < 1.29 is 0 Å². The fourth-order valence-electron chi connectivity index (χ4n) is 4.08. The third-order valence-electron chi connectivity index (χ3n) is 5.69. The van der Waals surface area contributed by atoms with Gasteiger partial charge in [0.1, 0.15) is 4.83 Å². The summed E-state index contributed by atoms with van der Waals surface area (Å²) >= 11 is 1.55. The van der Waals surface area contributed by atoms with Gasteiger partial charge in [-0.3, -0.25) is 9.36 Å². The third kappa shape index (κ3) is 3.08. The van der Waals surface area contributed by atoms with E-state index in [-0.39, 0.29) is 5.56 Å². The topological polar surface area (TPSA) is 34.9 Å². The van der Waals surface area contributed by atoms with Gasteiger partial charge < -0.3 is 0 Å². The summed E-state index contributed by atoms with van der Waals surface area (Å²) in [6.07, 6.45) is 6.52. The molecule has 1 aliphatic rings. The van der Waals surface area contributed by atoms with Crippen LogP contribution in [0.4, 0.5) is 0 Å². The van der Waals surface area contributed by atoms with Crippen LogP contribution in [-0.2, 0) is 19.4 Å². The standard InChI is InChI=1S/C24H22N2OS/c1-16-6-8-17(9-7-16)13-26-15-25-23-22(24(26)27)21(14-28-23)20-11-10-18-4-2-3-5-19(18)12-20/h6-12,14-15H,2-5,13H2,1H3. The zero-order valence-corrected chi connectivity index (χ0v) is 16.8. The summed E-state index contributed by atoms with van der Waals surface area (Å²) in [4.78, 5) is 18.7. The highest BCUT2D eigenvalue weighted by Crippen LogP contribution is 2.33. The van der Waals surface area contributed by atoms with Crippen LogP contribution in [0.3, 0.4) is 0 Å². The Hall–Kier alpha value is -2.72. The van der Waals surface area contributed by atoms with Crippen LogP contribution in [0.1, 0.15) is 35.1 Å². The lowest BCUT2D eigenvalue weighted by Gasteiger charge is -2.16. The number of hydrogen-bond acceptors (Lipinski definition) is 3. The van der Waals surface area contributed by atoms with Crippen molar-refractivity contribution in [1.82, 2.24) is 9.55 Å². The minimum Gasteiger partial charge on any atom is -0.294 e. The van der Waals surface area contributed by atoms with Crippen molar-refractivity contribution >= 4 is 21.6 Å². The summed E-state index contributed by atoms with van der Waals surface area (Å²) in [5.74, 6) is 0. The number of aromatic nitrogens is 2. The molecule has 4 heteroatoms. The van der Waals surface area contributed by atoms with Gasteiger partial charge in [0.15, 0.2) is 0 Å². The van der Waals surface area contributed by atoms with Crippen molar-refractivity contribution in [2.75, 3.05) is 0 Å². The number of aryl methyl sites for hydroxylation is 3. The second-order valence-electron chi connectivity index (χ2n) is 7.68. The van der Waals surface area contributed by atoms with Gasteiger partial charge in [0.05, 0.1) is 18.3 Å². The van der Waals surface area contributed by atoms with E-state index in [1.54, 1.807) is 22.2 Å². The summed E-state index contributed by atoms with van der Waals surface area (Å²) in [6.45, 7) is 2.61. The van der Waals surface area contributed by atoms with Crippen LogP contribution in [0.5, 0.6) is 0 Å². The molecule has 4 aromatic rings. The maximum atomic E-state index is 13.3. The monoisotopic (exact) mass is 386 g/mol. The van der Waals surface area contributed by atoms with Crippen LogP contribution in [0, 0.1) is 6.92 Å². The van der Waals surface area contributed by atoms with Gasteiger partial charge in [-0.25, -0.2) is 4.98 Å². The fraction of sp³-hybridized carbons (Fsp3) is 0.250. The molecular weight excluding hydrogens is 364 g/mol. The molecule has 0 bridgehead atoms. The van der Waals surface area contributed by atoms with Gasteiger partial charge in [0, 0.05) is 10.9 Å². The molecule has 3 nitrogen and oxygen atoms in total. The van der Waals surface area contributed by atoms with Crippen LogP contribution in [0.15, 0.2) is 59.0 Å². The molecule has 2 aromatic heterocycles. The smallest absolute Gasteiger partial charge is 0.263 e. The number of benzene rings is 2. The van der Waals surface area contributed by atoms with E-state index in [4.69, 9.17) is 0 Å². The lowest BCUT2D eigenvalue weighted by molar-refractivity contribution is 0.686. The summed E-state index contributed by atoms with van der Waals surface area (Å²) < 4.78 is 1.72. The Bertz CT molecular complexity index is 1220. The summed E-state index contributed by atoms with van der Waals surface area (Å²) in [7, 11) is 0. The second kappa shape index (κ2) is 7.02. The van der Waals surface area contributed by atoms with Crippen LogP contribution in [0.25, 0.3) is 21.3 Å². The van der Waals surface area contributed by atoms with Crippen molar-refractivity contribution in [1.29, 1.82) is 0 Å². The Morgan fingerprint density at radius 1 is 1.04 bits per heavy atom. The Morgan fingerprint density at radius 2 is 1.82 bits per heavy atom. The van der Waals surface area contributed by atoms with Gasteiger partial charge in [-0.1, -0.05) is 48.0 Å². The Morgan fingerprint density at radius 3 is 2.64 bits per heavy atom. The van der Waals surface area contributed by atoms with E-state index in [0.717, 1.165) is 33.3 Å². The maximum absolute atomic E-state index is 13.3. The molecule has 0 amide bonds. The van der Waals surface area contributed by atoms with Crippen molar-refractivity contribution in [2.24, 2.45) is 0 Å². The minimum atomic E-state index is 0.0412. The third-order valence-corrected chi connectivity index (χ3v) is 6.58. The molecule has 28 heavy (non-hydrogen) atoms. The molecule has 0 saturated carbocycles. The SMILES string of the molecule is Cc1ccc(Cn2cnc3scc(-c4ccc5c(c4)CCCC5)c3c2=O)cc1. The first-order valence-electron chi connectivity index (χ1n) is 9.83. The van der Waals surface area contributed by atoms with Crippen LogP contribution >= 0.6 is 11.3 Å². The van der Waals surface area contributed by atoms with Gasteiger partial charge in [-0.2, -0.15) is 0 Å². The molecule has 0 atom stereocenters. The number of hydrogen-bond donors (Lipinski definition) is 0. The van der Waals surface area contributed by atoms with Gasteiger partial charge in [0.2, 0.25) is 0 Å². The zero-order valence-electron chi connectivity index (χ0n) is 15.9. The summed E-state index contributed by atoms with van der Waals surface area (Å²) in [5, 5.41) is 2.83. The average Bonchev–Trinajstić information content (AvgIpc) is 3.16. The normalized spacial score (nSPS) is 13.6. The highest BCUT2D eigenvalue weighted by molar-refractivity contribution is 7.17. The van der Waals surface area contributed by atoms with E-state index in [2.05, 4.69) is 59.8 Å². The average molecular weight is 387 g/mol. The first kappa shape index (κ1) is 17.4. The molecule has 0 saturated heterocycles. The van der Waals surface area contributed by atoms with Gasteiger partial charge in [0.25, 0.3) is 5.56 Å². The molecule has 0 aliphatic heterocycles. The van der Waals surface area contributed by atoms with Crippen molar-refractivity contribution in [3.05, 3.63) is 86.8 Å². The van der Waals surface area contributed by atoms with E-state index >= 15 is 0 Å². The largest absolute Gasteiger partial charge is 0.294 e. The van der Waals surface area contributed by atoms with E-state index in [0.29, 0.717) is 6.54 Å². The summed E-state index contributed by atoms with van der Waals surface area (Å²) in [6, 6.07) is 15.0. The highest BCUT2D eigenvalue weighted by atomic mass is 32.1. The molecule has 0 spiro atoms. The molecule has 2 heterocycles. The Labute approximate surface area is 168 Å². The first-order valence-corrected chi connectivity index (χ1v) is 10.7. The predicted molar refractivity (Wildman–Crippen MR) is 116 cm³/mol. The molecule has 140 valence electrons. The molecule has 5 rings (SSSR count). The molecule has 0 fully saturated rings. The van der Waals surface area contributed by atoms with Crippen molar-refractivity contribution in [2.45, 2.75) is 39.2 Å². The second-order valence-corrected chi connectivity index (χ2v) is 8.54. The minimum absolute atomic E-state index is 0.0412. The number of nitrogens with zero attached hydrogens (tertiary/aromatic N) is 2. The fourth-order valence-corrected chi connectivity index (χ4v) is 4.99. The lowest BCUT2D eigenvalue weighted by Crippen LogP contribution is -2.21. The molecule has 1 aliphatic carbocycles. The van der Waals surface area contributed by atoms with Crippen LogP contribution in [0.2, 0.25) is 0 Å². The number of rotatable bonds is 3. The number of thiophene rings is 1.